The third-order valence-electron chi connectivity index (χ3n) is 3.45. The molecule has 0 bridgehead atoms. The minimum absolute atomic E-state index is 0.193. The lowest BCUT2D eigenvalue weighted by atomic mass is 10.2. The van der Waals surface area contributed by atoms with Crippen molar-refractivity contribution < 1.29 is 13.9 Å². The molecule has 0 aliphatic carbocycles. The van der Waals surface area contributed by atoms with Gasteiger partial charge in [-0.05, 0) is 23.8 Å². The molecule has 0 unspecified atom stereocenters. The Morgan fingerprint density at radius 3 is 2.72 bits per heavy atom. The fourth-order valence-electron chi connectivity index (χ4n) is 2.20. The van der Waals surface area contributed by atoms with Crippen molar-refractivity contribution in [2.45, 2.75) is 13.2 Å². The molecule has 128 valence electrons. The molecule has 1 N–H and O–H groups in total. The first kappa shape index (κ1) is 16.5. The Labute approximate surface area is 143 Å². The molecule has 0 aliphatic heterocycles. The number of ether oxygens (including phenoxy) is 1. The summed E-state index contributed by atoms with van der Waals surface area (Å²) in [7, 11) is 0. The Balaban J connectivity index is 1.51. The normalized spacial score (nSPS) is 10.4. The third kappa shape index (κ3) is 4.57. The van der Waals surface area contributed by atoms with Crippen molar-refractivity contribution in [2.24, 2.45) is 0 Å². The highest BCUT2D eigenvalue weighted by atomic mass is 16.5. The lowest BCUT2D eigenvalue weighted by molar-refractivity contribution is 0.139. The number of aromatic nitrogens is 2. The summed E-state index contributed by atoms with van der Waals surface area (Å²) in [6, 6.07) is 15.9. The third-order valence-corrected chi connectivity index (χ3v) is 3.45. The average molecular weight is 339 g/mol. The molecule has 0 aliphatic rings. The molecule has 25 heavy (non-hydrogen) atoms. The van der Waals surface area contributed by atoms with Crippen LogP contribution >= 0.6 is 0 Å². The van der Waals surface area contributed by atoms with Crippen LogP contribution < -0.4 is 10.9 Å². The van der Waals surface area contributed by atoms with Crippen LogP contribution in [0.5, 0.6) is 0 Å². The highest BCUT2D eigenvalue weighted by Crippen LogP contribution is 2.14. The smallest absolute Gasteiger partial charge is 0.407 e. The van der Waals surface area contributed by atoms with Crippen molar-refractivity contribution in [3.63, 3.8) is 0 Å². The van der Waals surface area contributed by atoms with E-state index in [4.69, 9.17) is 9.15 Å². The second kappa shape index (κ2) is 7.96. The Bertz CT molecular complexity index is 873. The largest absolute Gasteiger partial charge is 0.463 e. The van der Waals surface area contributed by atoms with Crippen LogP contribution in [0.25, 0.3) is 11.5 Å². The zero-order valence-corrected chi connectivity index (χ0v) is 13.4. The molecule has 7 nitrogen and oxygen atoms in total. The second-order valence-corrected chi connectivity index (χ2v) is 5.25. The number of alkyl carbamates (subject to hydrolysis) is 1. The zero-order chi connectivity index (χ0) is 17.5. The molecule has 1 aromatic carbocycles. The first-order chi connectivity index (χ1) is 12.2. The van der Waals surface area contributed by atoms with Gasteiger partial charge in [0.2, 0.25) is 0 Å². The van der Waals surface area contributed by atoms with E-state index in [1.54, 1.807) is 18.2 Å². The molecule has 0 saturated carbocycles. The van der Waals surface area contributed by atoms with Gasteiger partial charge in [-0.25, -0.2) is 9.48 Å². The van der Waals surface area contributed by atoms with Gasteiger partial charge in [0.05, 0.1) is 12.8 Å². The topological polar surface area (TPSA) is 86.4 Å². The molecule has 7 heteroatoms. The molecular formula is C18H17N3O4. The lowest BCUT2D eigenvalue weighted by Crippen LogP contribution is -2.32. The Kier molecular flexibility index (Phi) is 5.26. The number of rotatable bonds is 6. The molecule has 2 heterocycles. The Morgan fingerprint density at radius 1 is 1.12 bits per heavy atom. The minimum Gasteiger partial charge on any atom is -0.463 e. The van der Waals surface area contributed by atoms with Crippen LogP contribution in [-0.2, 0) is 17.9 Å². The molecule has 0 saturated heterocycles. The summed E-state index contributed by atoms with van der Waals surface area (Å²) in [5.41, 5.74) is 1.20. The summed E-state index contributed by atoms with van der Waals surface area (Å²) in [5.74, 6) is 0.573. The number of amides is 1. The van der Waals surface area contributed by atoms with Crippen LogP contribution in [-0.4, -0.2) is 22.4 Å². The van der Waals surface area contributed by atoms with Crippen LogP contribution in [0.2, 0.25) is 0 Å². The Hall–Kier alpha value is -3.35. The highest BCUT2D eigenvalue weighted by Gasteiger charge is 2.07. The Morgan fingerprint density at radius 2 is 1.96 bits per heavy atom. The summed E-state index contributed by atoms with van der Waals surface area (Å²) < 4.78 is 11.6. The maximum atomic E-state index is 11.9. The molecule has 1 amide bonds. The first-order valence-corrected chi connectivity index (χ1v) is 7.79. The maximum absolute atomic E-state index is 11.9. The molecule has 0 spiro atoms. The van der Waals surface area contributed by atoms with Crippen molar-refractivity contribution >= 4 is 6.09 Å². The SMILES string of the molecule is O=C(NCCn1nc(-c2ccco2)ccc1=O)OCc1ccccc1. The van der Waals surface area contributed by atoms with E-state index in [0.717, 1.165) is 5.56 Å². The number of hydrogen-bond acceptors (Lipinski definition) is 5. The summed E-state index contributed by atoms with van der Waals surface area (Å²) in [5, 5.41) is 6.82. The number of nitrogens with zero attached hydrogens (tertiary/aromatic N) is 2. The van der Waals surface area contributed by atoms with Gasteiger partial charge in [-0.1, -0.05) is 30.3 Å². The summed E-state index contributed by atoms with van der Waals surface area (Å²) in [6.07, 6.45) is 0.996. The van der Waals surface area contributed by atoms with Gasteiger partial charge in [0.1, 0.15) is 12.3 Å². The van der Waals surface area contributed by atoms with Crippen molar-refractivity contribution in [1.82, 2.24) is 15.1 Å². The van der Waals surface area contributed by atoms with Gasteiger partial charge in [-0.2, -0.15) is 5.10 Å². The molecular weight excluding hydrogens is 322 g/mol. The van der Waals surface area contributed by atoms with Gasteiger partial charge in [-0.3, -0.25) is 4.79 Å². The quantitative estimate of drug-likeness (QED) is 0.745. The lowest BCUT2D eigenvalue weighted by Gasteiger charge is -2.08. The van der Waals surface area contributed by atoms with E-state index in [2.05, 4.69) is 10.4 Å². The fourth-order valence-corrected chi connectivity index (χ4v) is 2.20. The van der Waals surface area contributed by atoms with Gasteiger partial charge < -0.3 is 14.5 Å². The van der Waals surface area contributed by atoms with Crippen molar-refractivity contribution in [1.29, 1.82) is 0 Å². The van der Waals surface area contributed by atoms with Gasteiger partial charge in [-0.15, -0.1) is 0 Å². The number of carbonyl (C=O) groups is 1. The fraction of sp³-hybridized carbons (Fsp3) is 0.167. The van der Waals surface area contributed by atoms with E-state index in [-0.39, 0.29) is 25.3 Å². The van der Waals surface area contributed by atoms with Gasteiger partial charge in [0.15, 0.2) is 5.76 Å². The van der Waals surface area contributed by atoms with Crippen molar-refractivity contribution in [2.75, 3.05) is 6.54 Å². The van der Waals surface area contributed by atoms with E-state index < -0.39 is 6.09 Å². The zero-order valence-electron chi connectivity index (χ0n) is 13.4. The van der Waals surface area contributed by atoms with Crippen LogP contribution in [0.4, 0.5) is 4.79 Å². The van der Waals surface area contributed by atoms with Crippen LogP contribution in [0.1, 0.15) is 5.56 Å². The van der Waals surface area contributed by atoms with Gasteiger partial charge >= 0.3 is 6.09 Å². The number of benzene rings is 1. The predicted octanol–water partition coefficient (Wildman–Crippen LogP) is 2.43. The molecule has 3 aromatic rings. The number of hydrogen-bond donors (Lipinski definition) is 1. The van der Waals surface area contributed by atoms with E-state index in [0.29, 0.717) is 11.5 Å². The summed E-state index contributed by atoms with van der Waals surface area (Å²) in [4.78, 5) is 23.5. The first-order valence-electron chi connectivity index (χ1n) is 7.79. The van der Waals surface area contributed by atoms with E-state index >= 15 is 0 Å². The number of nitrogens with one attached hydrogen (secondary N) is 1. The monoisotopic (exact) mass is 339 g/mol. The standard InChI is InChI=1S/C18H17N3O4/c22-17-9-8-15(16-7-4-12-24-16)20-21(17)11-10-19-18(23)25-13-14-5-2-1-3-6-14/h1-9,12H,10-11,13H2,(H,19,23). The van der Waals surface area contributed by atoms with E-state index in [9.17, 15) is 9.59 Å². The molecule has 0 atom stereocenters. The number of furan rings is 1. The maximum Gasteiger partial charge on any atom is 0.407 e. The molecule has 2 aromatic heterocycles. The van der Waals surface area contributed by atoms with Crippen molar-refractivity contribution in [3.05, 3.63) is 76.8 Å². The minimum atomic E-state index is -0.543. The number of carbonyl (C=O) groups excluding carboxylic acids is 1. The van der Waals surface area contributed by atoms with Crippen LogP contribution in [0.3, 0.4) is 0 Å². The summed E-state index contributed by atoms with van der Waals surface area (Å²) >= 11 is 0. The molecule has 0 radical (unpaired) electrons. The van der Waals surface area contributed by atoms with Crippen molar-refractivity contribution in [3.8, 4) is 11.5 Å². The van der Waals surface area contributed by atoms with E-state index in [1.807, 2.05) is 30.3 Å². The second-order valence-electron chi connectivity index (χ2n) is 5.25. The van der Waals surface area contributed by atoms with E-state index in [1.165, 1.54) is 17.0 Å². The average Bonchev–Trinajstić information content (AvgIpc) is 3.17. The molecule has 0 fully saturated rings. The van der Waals surface area contributed by atoms with Crippen LogP contribution in [0, 0.1) is 0 Å². The highest BCUT2D eigenvalue weighted by molar-refractivity contribution is 5.67. The predicted molar refractivity (Wildman–Crippen MR) is 90.8 cm³/mol. The summed E-state index contributed by atoms with van der Waals surface area (Å²) in [6.45, 7) is 0.648. The van der Waals surface area contributed by atoms with Gasteiger partial charge in [0, 0.05) is 12.6 Å². The molecule has 3 rings (SSSR count). The van der Waals surface area contributed by atoms with Gasteiger partial charge in [0.25, 0.3) is 5.56 Å². The van der Waals surface area contributed by atoms with Crippen LogP contribution in [0.15, 0.2) is 70.1 Å².